The Morgan fingerprint density at radius 3 is 1.61 bits per heavy atom. The maximum Gasteiger partial charge on any atom is 0.245 e. The molecule has 0 saturated carbocycles. The van der Waals surface area contributed by atoms with Gasteiger partial charge in [0.05, 0.1) is 49.0 Å². The summed E-state index contributed by atoms with van der Waals surface area (Å²) in [5.74, 6) is 2.82. The number of hydrogen-bond acceptors (Lipinski definition) is 11. The zero-order valence-electron chi connectivity index (χ0n) is 39.1. The number of methoxy groups -OCH3 is 2. The summed E-state index contributed by atoms with van der Waals surface area (Å²) in [4.78, 5) is 42.1. The molecule has 2 fully saturated rings. The summed E-state index contributed by atoms with van der Waals surface area (Å²) < 4.78 is 54.5. The van der Waals surface area contributed by atoms with Crippen LogP contribution in [-0.4, -0.2) is 85.2 Å². The van der Waals surface area contributed by atoms with E-state index in [-0.39, 0.29) is 42.2 Å². The monoisotopic (exact) mass is 996 g/mol. The molecule has 1 N–H and O–H groups in total. The third-order valence-electron chi connectivity index (χ3n) is 12.0. The lowest BCUT2D eigenvalue weighted by Crippen LogP contribution is -2.38. The molecular formula is C55H55ClF2N8O6. The minimum Gasteiger partial charge on any atom is -0.494 e. The molecule has 14 nitrogen and oxygen atoms in total. The number of hydrogen-bond donors (Lipinski definition) is 1. The molecule has 372 valence electrons. The van der Waals surface area contributed by atoms with E-state index >= 15 is 0 Å². The first kappa shape index (κ1) is 51.9. The molecule has 6 heterocycles. The maximum atomic E-state index is 14.5. The number of piperidine rings is 2. The molecule has 0 radical (unpaired) electrons. The summed E-state index contributed by atoms with van der Waals surface area (Å²) in [5.41, 5.74) is 5.36. The van der Waals surface area contributed by atoms with Crippen LogP contribution in [0.1, 0.15) is 56.6 Å². The number of nitrogens with zero attached hydrogens (tertiary/aromatic N) is 7. The molecule has 1 amide bonds. The van der Waals surface area contributed by atoms with Crippen molar-refractivity contribution in [2.75, 3.05) is 40.4 Å². The summed E-state index contributed by atoms with van der Waals surface area (Å²) in [7, 11) is 2.84. The van der Waals surface area contributed by atoms with Crippen LogP contribution in [0.5, 0.6) is 34.5 Å². The van der Waals surface area contributed by atoms with Crippen LogP contribution in [0.2, 0.25) is 0 Å². The summed E-state index contributed by atoms with van der Waals surface area (Å²) in [6.45, 7) is 10.0. The number of aromatic nitrogens is 6. The Hall–Kier alpha value is -7.95. The minimum atomic E-state index is -0.550. The van der Waals surface area contributed by atoms with Gasteiger partial charge in [0.25, 0.3) is 0 Å². The van der Waals surface area contributed by atoms with Crippen molar-refractivity contribution in [3.8, 4) is 57.0 Å². The first-order valence-corrected chi connectivity index (χ1v) is 23.3. The quantitative estimate of drug-likeness (QED) is 0.0921. The first-order valence-electron chi connectivity index (χ1n) is 22.9. The molecule has 0 bridgehead atoms. The second-order valence-electron chi connectivity index (χ2n) is 16.5. The molecule has 0 spiro atoms. The number of halogens is 3. The van der Waals surface area contributed by atoms with E-state index in [4.69, 9.17) is 40.5 Å². The molecule has 8 aromatic rings. The maximum absolute atomic E-state index is 14.5. The van der Waals surface area contributed by atoms with Crippen LogP contribution in [-0.2, 0) is 9.59 Å². The van der Waals surface area contributed by atoms with E-state index in [0.29, 0.717) is 24.0 Å². The zero-order chi connectivity index (χ0) is 49.9. The standard InChI is InChI=1S/C27H25FN4O3.C24H23FN4O2.C3H3ClO.CH4/c1-3-24(33)31-14-5-6-19(17-31)27-30-26(21-16-29-13-15-32(21)27)18-9-11-20(12-10-18)35-23-8-4-7-22(34-2)25(23)28;1-30-20-5-2-6-21(22(20)25)31-18-9-7-16(8-10-18)23-19-15-27-12-13-29(19)24(28-23)17-4-3-11-26-14-17;1-2-3(4)5;/h3-4,7-13,15-16,19H,1,5-6,14,17H2,2H3;2,5-10,12-13,15,17,26H,3-4,11,14H2,1H3;2H,1H2;1H4/t19-;17-;;/m11../s1. The lowest BCUT2D eigenvalue weighted by atomic mass is 9.97. The van der Waals surface area contributed by atoms with Gasteiger partial charge in [-0.25, -0.2) is 9.97 Å². The van der Waals surface area contributed by atoms with E-state index in [1.807, 2.05) is 64.3 Å². The molecule has 10 rings (SSSR count). The van der Waals surface area contributed by atoms with Crippen LogP contribution >= 0.6 is 11.6 Å². The van der Waals surface area contributed by atoms with E-state index in [2.05, 4.69) is 32.8 Å². The van der Waals surface area contributed by atoms with E-state index in [0.717, 1.165) is 96.6 Å². The summed E-state index contributed by atoms with van der Waals surface area (Å²) in [6, 6.07) is 24.4. The van der Waals surface area contributed by atoms with Crippen molar-refractivity contribution in [2.45, 2.75) is 44.9 Å². The smallest absolute Gasteiger partial charge is 0.245 e. The van der Waals surface area contributed by atoms with Gasteiger partial charge in [0.1, 0.15) is 23.1 Å². The van der Waals surface area contributed by atoms with Crippen LogP contribution in [0.25, 0.3) is 33.5 Å². The van der Waals surface area contributed by atoms with Crippen molar-refractivity contribution in [2.24, 2.45) is 0 Å². The van der Waals surface area contributed by atoms with Gasteiger partial charge in [-0.1, -0.05) is 32.7 Å². The number of rotatable bonds is 12. The second-order valence-corrected chi connectivity index (χ2v) is 16.8. The van der Waals surface area contributed by atoms with Crippen LogP contribution in [0, 0.1) is 11.6 Å². The van der Waals surface area contributed by atoms with E-state index < -0.39 is 16.9 Å². The van der Waals surface area contributed by atoms with Gasteiger partial charge in [0.15, 0.2) is 23.0 Å². The van der Waals surface area contributed by atoms with Gasteiger partial charge < -0.3 is 29.2 Å². The Morgan fingerprint density at radius 1 is 0.694 bits per heavy atom. The molecular weight excluding hydrogens is 942 g/mol. The molecule has 2 aliphatic rings. The van der Waals surface area contributed by atoms with Gasteiger partial charge in [-0.05, 0) is 129 Å². The minimum absolute atomic E-state index is 0. The number of fused-ring (bicyclic) bond motifs is 2. The van der Waals surface area contributed by atoms with Crippen molar-refractivity contribution in [1.29, 1.82) is 0 Å². The van der Waals surface area contributed by atoms with Crippen molar-refractivity contribution >= 4 is 33.8 Å². The normalized spacial score (nSPS) is 15.2. The number of nitrogens with one attached hydrogen (secondary N) is 1. The number of allylic oxidation sites excluding steroid dienone is 1. The molecule has 2 saturated heterocycles. The van der Waals surface area contributed by atoms with Gasteiger partial charge in [0, 0.05) is 67.4 Å². The predicted octanol–water partition coefficient (Wildman–Crippen LogP) is 11.6. The number of likely N-dealkylation sites (tertiary alicyclic amines) is 1. The van der Waals surface area contributed by atoms with Gasteiger partial charge in [-0.15, -0.1) is 0 Å². The molecule has 0 unspecified atom stereocenters. The van der Waals surface area contributed by atoms with Gasteiger partial charge in [0.2, 0.25) is 22.8 Å². The fourth-order valence-electron chi connectivity index (χ4n) is 8.58. The topological polar surface area (TPSA) is 147 Å². The number of carbonyl (C=O) groups is 2. The van der Waals surface area contributed by atoms with Crippen molar-refractivity contribution in [3.63, 3.8) is 0 Å². The number of amides is 1. The van der Waals surface area contributed by atoms with Crippen LogP contribution in [0.15, 0.2) is 147 Å². The lowest BCUT2D eigenvalue weighted by molar-refractivity contribution is -0.127. The van der Waals surface area contributed by atoms with Gasteiger partial charge in [-0.2, -0.15) is 8.78 Å². The Morgan fingerprint density at radius 2 is 1.17 bits per heavy atom. The number of imidazole rings is 2. The van der Waals surface area contributed by atoms with E-state index in [1.54, 1.807) is 67.1 Å². The highest BCUT2D eigenvalue weighted by molar-refractivity contribution is 6.66. The lowest BCUT2D eigenvalue weighted by Gasteiger charge is -2.31. The number of ether oxygens (including phenoxy) is 4. The molecule has 72 heavy (non-hydrogen) atoms. The summed E-state index contributed by atoms with van der Waals surface area (Å²) in [5, 5.41) is 2.96. The Balaban J connectivity index is 0.000000192. The Bertz CT molecular complexity index is 3160. The van der Waals surface area contributed by atoms with Crippen LogP contribution < -0.4 is 24.3 Å². The van der Waals surface area contributed by atoms with Crippen molar-refractivity contribution in [1.82, 2.24) is 39.0 Å². The highest BCUT2D eigenvalue weighted by Gasteiger charge is 2.28. The molecule has 2 atom stereocenters. The summed E-state index contributed by atoms with van der Waals surface area (Å²) in [6.07, 6.45) is 17.6. The highest BCUT2D eigenvalue weighted by atomic mass is 35.5. The average molecular weight is 998 g/mol. The van der Waals surface area contributed by atoms with E-state index in [9.17, 15) is 18.4 Å². The fourth-order valence-corrected chi connectivity index (χ4v) is 8.58. The Labute approximate surface area is 421 Å². The van der Waals surface area contributed by atoms with Gasteiger partial charge >= 0.3 is 0 Å². The van der Waals surface area contributed by atoms with Crippen molar-refractivity contribution < 1.29 is 37.3 Å². The van der Waals surface area contributed by atoms with Crippen molar-refractivity contribution in [3.05, 3.63) is 171 Å². The Kier molecular flexibility index (Phi) is 17.5. The number of carbonyl (C=O) groups excluding carboxylic acids is 2. The SMILES string of the molecule is C.C=CC(=O)Cl.C=CC(=O)N1CCC[C@@H](c2nc(-c3ccc(Oc4cccc(OC)c4F)cc3)c3cnccn23)C1.COc1cccc(Oc2ccc(-c3nc([C@@H]4CCCNC4)n4ccncc34)cc2)c1F. The number of benzene rings is 4. The highest BCUT2D eigenvalue weighted by Crippen LogP contribution is 2.36. The van der Waals surface area contributed by atoms with Crippen LogP contribution in [0.4, 0.5) is 8.78 Å². The third kappa shape index (κ3) is 11.8. The largest absolute Gasteiger partial charge is 0.494 e. The second kappa shape index (κ2) is 24.3. The van der Waals surface area contributed by atoms with Crippen LogP contribution in [0.3, 0.4) is 0 Å². The fraction of sp³-hybridized carbons (Fsp3) is 0.236. The molecule has 0 aliphatic carbocycles. The molecule has 17 heteroatoms. The van der Waals surface area contributed by atoms with E-state index in [1.165, 1.54) is 20.3 Å². The first-order chi connectivity index (χ1) is 34.6. The third-order valence-corrected chi connectivity index (χ3v) is 12.2. The predicted molar refractivity (Wildman–Crippen MR) is 274 cm³/mol. The van der Waals surface area contributed by atoms with Gasteiger partial charge in [-0.3, -0.25) is 28.4 Å². The molecule has 2 aliphatic heterocycles. The summed E-state index contributed by atoms with van der Waals surface area (Å²) >= 11 is 4.71. The zero-order valence-corrected chi connectivity index (χ0v) is 39.9. The molecule has 4 aromatic carbocycles. The average Bonchev–Trinajstić information content (AvgIpc) is 4.01. The molecule has 4 aromatic heterocycles.